The molecule has 0 spiro atoms. The summed E-state index contributed by atoms with van der Waals surface area (Å²) in [6.45, 7) is 4.27. The lowest BCUT2D eigenvalue weighted by molar-refractivity contribution is 0.126. The van der Waals surface area contributed by atoms with E-state index in [0.717, 1.165) is 38.6 Å². The Labute approximate surface area is 180 Å². The highest BCUT2D eigenvalue weighted by atomic mass is 35.5. The molecule has 0 saturated carbocycles. The molecule has 150 valence electrons. The quantitative estimate of drug-likeness (QED) is 0.301. The molecular formula is C20H16ClN7OS. The molecule has 0 aliphatic heterocycles. The molecule has 5 rings (SSSR count). The van der Waals surface area contributed by atoms with E-state index in [4.69, 9.17) is 16.4 Å². The second-order valence-corrected chi connectivity index (χ2v) is 7.97. The van der Waals surface area contributed by atoms with Gasteiger partial charge in [0.15, 0.2) is 28.9 Å². The SMILES string of the molecule is Cc1c(C)n(-c2nccs2)c2ncn3nc(CON=Cc4ccc(Cl)cc4)nc3c12. The summed E-state index contributed by atoms with van der Waals surface area (Å²) in [4.78, 5) is 19.1. The van der Waals surface area contributed by atoms with Gasteiger partial charge in [0.2, 0.25) is 0 Å². The zero-order chi connectivity index (χ0) is 20.7. The fourth-order valence-corrected chi connectivity index (χ4v) is 4.09. The van der Waals surface area contributed by atoms with Gasteiger partial charge < -0.3 is 4.84 Å². The molecule has 10 heteroatoms. The molecule has 1 aromatic carbocycles. The van der Waals surface area contributed by atoms with Crippen LogP contribution >= 0.6 is 22.9 Å². The van der Waals surface area contributed by atoms with Crippen molar-refractivity contribution in [1.82, 2.24) is 29.1 Å². The largest absolute Gasteiger partial charge is 0.387 e. The summed E-state index contributed by atoms with van der Waals surface area (Å²) < 4.78 is 3.72. The molecular weight excluding hydrogens is 422 g/mol. The molecule has 0 aliphatic rings. The van der Waals surface area contributed by atoms with Crippen molar-refractivity contribution in [2.75, 3.05) is 0 Å². The Morgan fingerprint density at radius 1 is 1.17 bits per heavy atom. The van der Waals surface area contributed by atoms with Crippen molar-refractivity contribution < 1.29 is 4.84 Å². The molecule has 4 aromatic heterocycles. The highest BCUT2D eigenvalue weighted by Gasteiger charge is 2.19. The van der Waals surface area contributed by atoms with Gasteiger partial charge in [0, 0.05) is 22.3 Å². The van der Waals surface area contributed by atoms with E-state index in [-0.39, 0.29) is 6.61 Å². The summed E-state index contributed by atoms with van der Waals surface area (Å²) in [5, 5.41) is 12.9. The van der Waals surface area contributed by atoms with E-state index >= 15 is 0 Å². The predicted molar refractivity (Wildman–Crippen MR) is 117 cm³/mol. The number of halogens is 1. The number of aryl methyl sites for hydroxylation is 1. The van der Waals surface area contributed by atoms with Crippen molar-refractivity contribution in [1.29, 1.82) is 0 Å². The van der Waals surface area contributed by atoms with Crippen LogP contribution in [0.15, 0.2) is 47.3 Å². The second kappa shape index (κ2) is 7.51. The monoisotopic (exact) mass is 437 g/mol. The number of fused-ring (bicyclic) bond motifs is 3. The van der Waals surface area contributed by atoms with Crippen molar-refractivity contribution in [2.24, 2.45) is 5.16 Å². The normalized spacial score (nSPS) is 11.8. The van der Waals surface area contributed by atoms with Crippen LogP contribution in [0.2, 0.25) is 5.02 Å². The van der Waals surface area contributed by atoms with Crippen LogP contribution in [0.1, 0.15) is 22.6 Å². The van der Waals surface area contributed by atoms with E-state index in [2.05, 4.69) is 43.6 Å². The Morgan fingerprint density at radius 3 is 2.77 bits per heavy atom. The minimum absolute atomic E-state index is 0.151. The van der Waals surface area contributed by atoms with Crippen LogP contribution in [-0.2, 0) is 11.4 Å². The maximum atomic E-state index is 5.88. The number of oxime groups is 1. The Hall–Kier alpha value is -3.30. The standard InChI is InChI=1S/C20H16ClN7OS/c1-12-13(2)28(20-22-7-8-30-20)18-17(12)19-25-16(26-27(19)11-23-18)10-29-24-9-14-3-5-15(21)6-4-14/h3-9,11H,10H2,1-2H3. The fourth-order valence-electron chi connectivity index (χ4n) is 3.27. The number of nitrogens with zero attached hydrogens (tertiary/aromatic N) is 7. The molecule has 0 saturated heterocycles. The Morgan fingerprint density at radius 2 is 2.00 bits per heavy atom. The van der Waals surface area contributed by atoms with Gasteiger partial charge in [-0.05, 0) is 37.1 Å². The zero-order valence-electron chi connectivity index (χ0n) is 16.2. The van der Waals surface area contributed by atoms with Gasteiger partial charge in [-0.3, -0.25) is 4.57 Å². The zero-order valence-corrected chi connectivity index (χ0v) is 17.7. The summed E-state index contributed by atoms with van der Waals surface area (Å²) >= 11 is 7.45. The van der Waals surface area contributed by atoms with Crippen molar-refractivity contribution in [3.8, 4) is 5.13 Å². The van der Waals surface area contributed by atoms with Gasteiger partial charge in [0.25, 0.3) is 0 Å². The predicted octanol–water partition coefficient (Wildman–Crippen LogP) is 4.35. The third-order valence-corrected chi connectivity index (χ3v) is 5.84. The minimum Gasteiger partial charge on any atom is -0.387 e. The van der Waals surface area contributed by atoms with Crippen LogP contribution in [0.3, 0.4) is 0 Å². The van der Waals surface area contributed by atoms with E-state index in [1.54, 1.807) is 46.7 Å². The first-order valence-electron chi connectivity index (χ1n) is 9.14. The van der Waals surface area contributed by atoms with Crippen molar-refractivity contribution in [3.63, 3.8) is 0 Å². The molecule has 0 unspecified atom stereocenters. The maximum absolute atomic E-state index is 5.88. The maximum Gasteiger partial charge on any atom is 0.195 e. The summed E-state index contributed by atoms with van der Waals surface area (Å²) in [6.07, 6.45) is 5.07. The Balaban J connectivity index is 1.45. The molecule has 0 atom stereocenters. The van der Waals surface area contributed by atoms with Crippen LogP contribution in [-0.4, -0.2) is 35.3 Å². The van der Waals surface area contributed by atoms with Crippen LogP contribution in [0.5, 0.6) is 0 Å². The lowest BCUT2D eigenvalue weighted by Gasteiger charge is -2.02. The molecule has 30 heavy (non-hydrogen) atoms. The van der Waals surface area contributed by atoms with Gasteiger partial charge in [-0.2, -0.15) is 0 Å². The van der Waals surface area contributed by atoms with Crippen LogP contribution < -0.4 is 0 Å². The highest BCUT2D eigenvalue weighted by molar-refractivity contribution is 7.12. The molecule has 0 fully saturated rings. The smallest absolute Gasteiger partial charge is 0.195 e. The van der Waals surface area contributed by atoms with Crippen LogP contribution in [0, 0.1) is 13.8 Å². The van der Waals surface area contributed by atoms with Crippen LogP contribution in [0.4, 0.5) is 0 Å². The first-order chi connectivity index (χ1) is 14.6. The molecule has 5 aromatic rings. The van der Waals surface area contributed by atoms with Crippen LogP contribution in [0.25, 0.3) is 21.8 Å². The first-order valence-corrected chi connectivity index (χ1v) is 10.4. The number of benzene rings is 1. The first kappa shape index (κ1) is 18.7. The van der Waals surface area contributed by atoms with Gasteiger partial charge in [-0.15, -0.1) is 16.4 Å². The Bertz CT molecular complexity index is 1370. The molecule has 0 amide bonds. The van der Waals surface area contributed by atoms with E-state index < -0.39 is 0 Å². The van der Waals surface area contributed by atoms with Gasteiger partial charge >= 0.3 is 0 Å². The molecule has 0 bridgehead atoms. The third kappa shape index (κ3) is 3.21. The van der Waals surface area contributed by atoms with Crippen molar-refractivity contribution in [3.05, 3.63) is 69.8 Å². The van der Waals surface area contributed by atoms with E-state index in [1.807, 2.05) is 17.5 Å². The van der Waals surface area contributed by atoms with Crippen molar-refractivity contribution >= 4 is 45.8 Å². The van der Waals surface area contributed by atoms with Gasteiger partial charge in [-0.25, -0.2) is 19.5 Å². The summed E-state index contributed by atoms with van der Waals surface area (Å²) in [6, 6.07) is 7.32. The number of thiazole rings is 1. The summed E-state index contributed by atoms with van der Waals surface area (Å²) in [7, 11) is 0. The summed E-state index contributed by atoms with van der Waals surface area (Å²) in [5.41, 5.74) is 4.61. The number of hydrogen-bond donors (Lipinski definition) is 0. The van der Waals surface area contributed by atoms with E-state index in [9.17, 15) is 0 Å². The van der Waals surface area contributed by atoms with E-state index in [1.165, 1.54) is 0 Å². The Kier molecular flexibility index (Phi) is 4.68. The minimum atomic E-state index is 0.151. The number of hydrogen-bond acceptors (Lipinski definition) is 7. The van der Waals surface area contributed by atoms with E-state index in [0.29, 0.717) is 10.8 Å². The lowest BCUT2D eigenvalue weighted by atomic mass is 10.2. The van der Waals surface area contributed by atoms with Crippen molar-refractivity contribution in [2.45, 2.75) is 20.5 Å². The summed E-state index contributed by atoms with van der Waals surface area (Å²) in [5.74, 6) is 0.525. The third-order valence-electron chi connectivity index (χ3n) is 4.83. The van der Waals surface area contributed by atoms with Gasteiger partial charge in [0.1, 0.15) is 6.33 Å². The average Bonchev–Trinajstić information content (AvgIpc) is 3.46. The number of aromatic nitrogens is 6. The lowest BCUT2D eigenvalue weighted by Crippen LogP contribution is -1.98. The number of rotatable bonds is 5. The molecule has 8 nitrogen and oxygen atoms in total. The topological polar surface area (TPSA) is 82.5 Å². The molecule has 0 radical (unpaired) electrons. The molecule has 0 aliphatic carbocycles. The highest BCUT2D eigenvalue weighted by Crippen LogP contribution is 2.30. The molecule has 0 N–H and O–H groups in total. The fraction of sp³-hybridized carbons (Fsp3) is 0.150. The second-order valence-electron chi connectivity index (χ2n) is 6.66. The van der Waals surface area contributed by atoms with Gasteiger partial charge in [0.05, 0.1) is 11.6 Å². The average molecular weight is 438 g/mol. The molecule has 4 heterocycles. The van der Waals surface area contributed by atoms with Gasteiger partial charge in [-0.1, -0.05) is 28.9 Å².